The van der Waals surface area contributed by atoms with Gasteiger partial charge in [-0.15, -0.1) is 0 Å². The normalized spacial score (nSPS) is 25.9. The Morgan fingerprint density at radius 3 is 2.65 bits per heavy atom. The van der Waals surface area contributed by atoms with Crippen molar-refractivity contribution in [3.8, 4) is 0 Å². The third-order valence-electron chi connectivity index (χ3n) is 3.57. The molecular weight excluding hydrogens is 256 g/mol. The lowest BCUT2D eigenvalue weighted by atomic mass is 9.96. The molecule has 1 saturated heterocycles. The van der Waals surface area contributed by atoms with Crippen molar-refractivity contribution >= 4 is 11.6 Å². The number of amides is 1. The Morgan fingerprint density at radius 2 is 2.05 bits per heavy atom. The number of anilines is 1. The Balaban J connectivity index is 1.99. The molecule has 1 amide bonds. The fourth-order valence-corrected chi connectivity index (χ4v) is 2.42. The van der Waals surface area contributed by atoms with E-state index < -0.39 is 11.5 Å². The molecule has 104 valence electrons. The Hall–Kier alpha value is -2.27. The average Bonchev–Trinajstić information content (AvgIpc) is 3.07. The molecule has 1 aromatic carbocycles. The number of nitrogens with two attached hydrogens (primary N) is 1. The van der Waals surface area contributed by atoms with Gasteiger partial charge < -0.3 is 10.2 Å². The van der Waals surface area contributed by atoms with Crippen LogP contribution in [0.3, 0.4) is 0 Å². The van der Waals surface area contributed by atoms with E-state index in [2.05, 4.69) is 0 Å². The Bertz CT molecular complexity index is 597. The van der Waals surface area contributed by atoms with E-state index in [1.165, 1.54) is 0 Å². The fourth-order valence-electron chi connectivity index (χ4n) is 2.42. The maximum absolute atomic E-state index is 11.7. The van der Waals surface area contributed by atoms with Crippen molar-refractivity contribution in [2.45, 2.75) is 25.0 Å². The molecule has 2 aromatic rings. The molecule has 0 spiro atoms. The van der Waals surface area contributed by atoms with Gasteiger partial charge in [-0.1, -0.05) is 18.2 Å². The van der Waals surface area contributed by atoms with Crippen LogP contribution in [0.5, 0.6) is 0 Å². The standard InChI is InChI=1S/C15H16N2O3/c1-15(14(16)18)10-12(13-8-5-9-19-13)17(20-15)11-6-3-2-4-7-11/h2-9,12H,10H2,1H3,(H2,16,18). The minimum absolute atomic E-state index is 0.176. The molecule has 0 aliphatic carbocycles. The predicted octanol–water partition coefficient (Wildman–Crippen LogP) is 2.41. The van der Waals surface area contributed by atoms with Crippen molar-refractivity contribution in [3.05, 3.63) is 54.5 Å². The second-order valence-electron chi connectivity index (χ2n) is 5.08. The fraction of sp³-hybridized carbons (Fsp3) is 0.267. The molecule has 1 fully saturated rings. The van der Waals surface area contributed by atoms with Gasteiger partial charge in [-0.2, -0.15) is 0 Å². The van der Waals surface area contributed by atoms with E-state index in [1.54, 1.807) is 18.3 Å². The molecule has 2 heterocycles. The zero-order valence-corrected chi connectivity index (χ0v) is 11.2. The molecule has 1 aliphatic heterocycles. The van der Waals surface area contributed by atoms with E-state index in [0.29, 0.717) is 6.42 Å². The summed E-state index contributed by atoms with van der Waals surface area (Å²) in [6.45, 7) is 1.70. The zero-order valence-electron chi connectivity index (χ0n) is 11.2. The summed E-state index contributed by atoms with van der Waals surface area (Å²) < 4.78 is 5.47. The quantitative estimate of drug-likeness (QED) is 0.931. The third kappa shape index (κ3) is 2.06. The van der Waals surface area contributed by atoms with Gasteiger partial charge in [0.05, 0.1) is 12.0 Å². The van der Waals surface area contributed by atoms with Gasteiger partial charge >= 0.3 is 0 Å². The number of rotatable bonds is 3. The topological polar surface area (TPSA) is 68.7 Å². The zero-order chi connectivity index (χ0) is 14.2. The molecule has 2 unspecified atom stereocenters. The molecular formula is C15H16N2O3. The first-order valence-electron chi connectivity index (χ1n) is 6.47. The first-order valence-corrected chi connectivity index (χ1v) is 6.47. The molecule has 0 saturated carbocycles. The van der Waals surface area contributed by atoms with E-state index in [4.69, 9.17) is 15.0 Å². The molecule has 2 atom stereocenters. The van der Waals surface area contributed by atoms with Crippen molar-refractivity contribution in [2.24, 2.45) is 5.73 Å². The van der Waals surface area contributed by atoms with Crippen LogP contribution < -0.4 is 10.8 Å². The van der Waals surface area contributed by atoms with E-state index in [1.807, 2.05) is 42.5 Å². The van der Waals surface area contributed by atoms with Gasteiger partial charge in [-0.25, -0.2) is 5.06 Å². The summed E-state index contributed by atoms with van der Waals surface area (Å²) in [7, 11) is 0. The highest BCUT2D eigenvalue weighted by Gasteiger charge is 2.48. The van der Waals surface area contributed by atoms with Gasteiger partial charge in [0.1, 0.15) is 11.8 Å². The summed E-state index contributed by atoms with van der Waals surface area (Å²) in [5.41, 5.74) is 5.29. The Labute approximate surface area is 116 Å². The molecule has 1 aromatic heterocycles. The third-order valence-corrected chi connectivity index (χ3v) is 3.57. The smallest absolute Gasteiger partial charge is 0.252 e. The van der Waals surface area contributed by atoms with Crippen molar-refractivity contribution in [1.29, 1.82) is 0 Å². The van der Waals surface area contributed by atoms with Crippen LogP contribution in [0.1, 0.15) is 25.1 Å². The number of hydrogen-bond acceptors (Lipinski definition) is 4. The van der Waals surface area contributed by atoms with Gasteiger partial charge in [0, 0.05) is 6.42 Å². The van der Waals surface area contributed by atoms with E-state index >= 15 is 0 Å². The Morgan fingerprint density at radius 1 is 1.30 bits per heavy atom. The average molecular weight is 272 g/mol. The number of carbonyl (C=O) groups excluding carboxylic acids is 1. The minimum atomic E-state index is -1.03. The summed E-state index contributed by atoms with van der Waals surface area (Å²) in [6.07, 6.45) is 2.06. The van der Waals surface area contributed by atoms with Crippen LogP contribution in [0.4, 0.5) is 5.69 Å². The van der Waals surface area contributed by atoms with Gasteiger partial charge in [0.25, 0.3) is 5.91 Å². The number of primary amides is 1. The monoisotopic (exact) mass is 272 g/mol. The number of hydroxylamine groups is 1. The maximum Gasteiger partial charge on any atom is 0.252 e. The number of nitrogens with zero attached hydrogens (tertiary/aromatic N) is 1. The summed E-state index contributed by atoms with van der Waals surface area (Å²) >= 11 is 0. The van der Waals surface area contributed by atoms with Gasteiger partial charge in [0.15, 0.2) is 5.60 Å². The minimum Gasteiger partial charge on any atom is -0.467 e. The molecule has 3 rings (SSSR count). The number of benzene rings is 1. The van der Waals surface area contributed by atoms with E-state index in [-0.39, 0.29) is 6.04 Å². The lowest BCUT2D eigenvalue weighted by Gasteiger charge is -2.24. The Kier molecular flexibility index (Phi) is 2.99. The van der Waals surface area contributed by atoms with Crippen LogP contribution in [0.25, 0.3) is 0 Å². The summed E-state index contributed by atoms with van der Waals surface area (Å²) in [6, 6.07) is 13.1. The second kappa shape index (κ2) is 4.68. The van der Waals surface area contributed by atoms with Crippen molar-refractivity contribution in [1.82, 2.24) is 0 Å². The molecule has 0 bridgehead atoms. The lowest BCUT2D eigenvalue weighted by molar-refractivity contribution is -0.137. The summed E-state index contributed by atoms with van der Waals surface area (Å²) in [5.74, 6) is 0.270. The van der Waals surface area contributed by atoms with Crippen molar-refractivity contribution in [3.63, 3.8) is 0 Å². The first-order chi connectivity index (χ1) is 9.60. The van der Waals surface area contributed by atoms with E-state index in [9.17, 15) is 4.79 Å². The largest absolute Gasteiger partial charge is 0.467 e. The van der Waals surface area contributed by atoms with Crippen LogP contribution in [0, 0.1) is 0 Å². The molecule has 5 nitrogen and oxygen atoms in total. The molecule has 1 aliphatic rings. The van der Waals surface area contributed by atoms with Crippen LogP contribution in [0.2, 0.25) is 0 Å². The van der Waals surface area contributed by atoms with Crippen LogP contribution >= 0.6 is 0 Å². The highest BCUT2D eigenvalue weighted by molar-refractivity contribution is 5.84. The molecule has 2 N–H and O–H groups in total. The first kappa shape index (κ1) is 12.7. The van der Waals surface area contributed by atoms with E-state index in [0.717, 1.165) is 11.4 Å². The van der Waals surface area contributed by atoms with Crippen molar-refractivity contribution in [2.75, 3.05) is 5.06 Å². The highest BCUT2D eigenvalue weighted by atomic mass is 16.7. The van der Waals surface area contributed by atoms with Crippen molar-refractivity contribution < 1.29 is 14.0 Å². The summed E-state index contributed by atoms with van der Waals surface area (Å²) in [4.78, 5) is 17.5. The molecule has 0 radical (unpaired) electrons. The van der Waals surface area contributed by atoms with Gasteiger partial charge in [0.2, 0.25) is 0 Å². The maximum atomic E-state index is 11.7. The number of hydrogen-bond donors (Lipinski definition) is 1. The van der Waals surface area contributed by atoms with Gasteiger partial charge in [-0.05, 0) is 31.2 Å². The highest BCUT2D eigenvalue weighted by Crippen LogP contribution is 2.42. The second-order valence-corrected chi connectivity index (χ2v) is 5.08. The SMILES string of the molecule is CC1(C(N)=O)CC(c2ccco2)N(c2ccccc2)O1. The number of para-hydroxylation sites is 1. The number of carbonyl (C=O) groups is 1. The van der Waals surface area contributed by atoms with Gasteiger partial charge in [-0.3, -0.25) is 9.63 Å². The number of furan rings is 1. The molecule has 5 heteroatoms. The van der Waals surface area contributed by atoms with Crippen LogP contribution in [-0.4, -0.2) is 11.5 Å². The predicted molar refractivity (Wildman–Crippen MR) is 73.7 cm³/mol. The molecule has 20 heavy (non-hydrogen) atoms. The van der Waals surface area contributed by atoms with Crippen LogP contribution in [0.15, 0.2) is 53.1 Å². The van der Waals surface area contributed by atoms with Crippen LogP contribution in [-0.2, 0) is 9.63 Å². The lowest BCUT2D eigenvalue weighted by Crippen LogP contribution is -2.41. The summed E-state index contributed by atoms with van der Waals surface area (Å²) in [5, 5.41) is 1.70.